The van der Waals surface area contributed by atoms with Crippen LogP contribution >= 0.6 is 8.86 Å². The maximum atomic E-state index is 12.0. The van der Waals surface area contributed by atoms with E-state index in [2.05, 4.69) is 40.0 Å². The van der Waals surface area contributed by atoms with E-state index in [-0.39, 0.29) is 6.03 Å². The number of carbonyl (C=O) groups excluding carboxylic acids is 1. The zero-order valence-electron chi connectivity index (χ0n) is 15.4. The molecule has 1 fully saturated rings. The lowest BCUT2D eigenvalue weighted by Gasteiger charge is -2.13. The summed E-state index contributed by atoms with van der Waals surface area (Å²) >= 11 is 0. The lowest BCUT2D eigenvalue weighted by atomic mass is 10.0. The standard InChI is InChI=1S/C19H23N6OP/c1-12-8-15(10-22-19(26)23-14-4-3-7-21-9-14)24-25-17(12)16(11-20-2)18(27)13-5-6-13/h3-4,7-9,11,13,20,27H,5-6,10H2,1-2H3,(H2,22,23,26)/b16-11-. The Morgan fingerprint density at radius 1 is 1.37 bits per heavy atom. The van der Waals surface area contributed by atoms with Crippen LogP contribution in [-0.2, 0) is 6.54 Å². The second-order valence-corrected chi connectivity index (χ2v) is 6.99. The topological polar surface area (TPSA) is 91.8 Å². The average Bonchev–Trinajstić information content (AvgIpc) is 3.51. The van der Waals surface area contributed by atoms with Gasteiger partial charge in [0.2, 0.25) is 0 Å². The molecule has 0 radical (unpaired) electrons. The highest BCUT2D eigenvalue weighted by atomic mass is 31.0. The fraction of sp³-hybridized carbons (Fsp3) is 0.316. The Labute approximate surface area is 160 Å². The fourth-order valence-corrected chi connectivity index (χ4v) is 3.16. The van der Waals surface area contributed by atoms with Gasteiger partial charge in [0.1, 0.15) is 0 Å². The molecule has 27 heavy (non-hydrogen) atoms. The van der Waals surface area contributed by atoms with Crippen LogP contribution in [0.25, 0.3) is 5.57 Å². The molecular formula is C19H23N6OP. The van der Waals surface area contributed by atoms with Crippen LogP contribution < -0.4 is 16.0 Å². The summed E-state index contributed by atoms with van der Waals surface area (Å²) in [6.07, 6.45) is 7.57. The van der Waals surface area contributed by atoms with Crippen molar-refractivity contribution in [1.82, 2.24) is 25.8 Å². The van der Waals surface area contributed by atoms with Gasteiger partial charge >= 0.3 is 6.03 Å². The molecule has 0 atom stereocenters. The normalized spacial score (nSPS) is 13.8. The number of rotatable bonds is 7. The summed E-state index contributed by atoms with van der Waals surface area (Å²) in [7, 11) is 5.64. The average molecular weight is 382 g/mol. The number of carbonyl (C=O) groups is 1. The summed E-state index contributed by atoms with van der Waals surface area (Å²) in [5, 5.41) is 18.4. The van der Waals surface area contributed by atoms with E-state index in [1.165, 1.54) is 12.8 Å². The van der Waals surface area contributed by atoms with Crippen molar-refractivity contribution in [2.24, 2.45) is 5.92 Å². The molecule has 0 bridgehead atoms. The van der Waals surface area contributed by atoms with Gasteiger partial charge in [0, 0.05) is 25.0 Å². The van der Waals surface area contributed by atoms with E-state index in [4.69, 9.17) is 0 Å². The molecule has 0 spiro atoms. The van der Waals surface area contributed by atoms with Crippen LogP contribution in [-0.4, -0.2) is 33.6 Å². The molecule has 3 N–H and O–H groups in total. The van der Waals surface area contributed by atoms with Crippen molar-refractivity contribution in [3.8, 4) is 0 Å². The quantitative estimate of drug-likeness (QED) is 0.641. The highest BCUT2D eigenvalue weighted by molar-refractivity contribution is 7.24. The Morgan fingerprint density at radius 2 is 2.19 bits per heavy atom. The monoisotopic (exact) mass is 382 g/mol. The molecule has 0 saturated heterocycles. The number of allylic oxidation sites excluding steroid dienone is 1. The van der Waals surface area contributed by atoms with Crippen molar-refractivity contribution in [1.29, 1.82) is 0 Å². The maximum absolute atomic E-state index is 12.0. The van der Waals surface area contributed by atoms with Crippen LogP contribution in [0, 0.1) is 12.8 Å². The molecule has 2 amide bonds. The number of amides is 2. The minimum absolute atomic E-state index is 0.290. The van der Waals surface area contributed by atoms with Crippen LogP contribution in [0.1, 0.15) is 29.8 Å². The van der Waals surface area contributed by atoms with Crippen molar-refractivity contribution < 1.29 is 4.79 Å². The molecule has 1 aliphatic carbocycles. The largest absolute Gasteiger partial charge is 0.393 e. The Bertz CT molecular complexity index is 864. The zero-order valence-corrected chi connectivity index (χ0v) is 16.4. The minimum atomic E-state index is -0.313. The summed E-state index contributed by atoms with van der Waals surface area (Å²) in [4.78, 5) is 15.9. The van der Waals surface area contributed by atoms with Crippen molar-refractivity contribution >= 4 is 31.4 Å². The first-order chi connectivity index (χ1) is 13.1. The van der Waals surface area contributed by atoms with Crippen molar-refractivity contribution in [2.75, 3.05) is 12.4 Å². The molecule has 2 aromatic heterocycles. The number of aryl methyl sites for hydroxylation is 1. The SMILES string of the molecule is CN/C=C(\C(=P)C1CC1)c1nnc(CNC(=O)Nc2cccnc2)cc1C. The van der Waals surface area contributed by atoms with Crippen molar-refractivity contribution in [3.05, 3.63) is 53.7 Å². The Morgan fingerprint density at radius 3 is 2.81 bits per heavy atom. The second kappa shape index (κ2) is 8.73. The molecule has 2 heterocycles. The van der Waals surface area contributed by atoms with E-state index >= 15 is 0 Å². The Kier molecular flexibility index (Phi) is 6.14. The molecule has 0 unspecified atom stereocenters. The summed E-state index contributed by atoms with van der Waals surface area (Å²) < 4.78 is 0. The number of nitrogens with one attached hydrogen (secondary N) is 3. The summed E-state index contributed by atoms with van der Waals surface area (Å²) in [6, 6.07) is 5.17. The lowest BCUT2D eigenvalue weighted by Crippen LogP contribution is -2.28. The van der Waals surface area contributed by atoms with Gasteiger partial charge in [-0.05, 0) is 54.7 Å². The first kappa shape index (κ1) is 19.0. The molecule has 1 aliphatic rings. The van der Waals surface area contributed by atoms with E-state index < -0.39 is 0 Å². The Balaban J connectivity index is 1.64. The summed E-state index contributed by atoms with van der Waals surface area (Å²) in [5.74, 6) is 0.569. The van der Waals surface area contributed by atoms with Gasteiger partial charge in [-0.3, -0.25) is 4.98 Å². The number of hydrogen-bond acceptors (Lipinski definition) is 5. The predicted molar refractivity (Wildman–Crippen MR) is 110 cm³/mol. The molecule has 2 aromatic rings. The first-order valence-corrected chi connectivity index (χ1v) is 9.33. The molecule has 140 valence electrons. The molecule has 0 aliphatic heterocycles. The van der Waals surface area contributed by atoms with Crippen LogP contribution in [0.2, 0.25) is 0 Å². The number of aromatic nitrogens is 3. The lowest BCUT2D eigenvalue weighted by molar-refractivity contribution is 0.251. The fourth-order valence-electron chi connectivity index (χ4n) is 2.69. The third-order valence-corrected chi connectivity index (χ3v) is 4.88. The van der Waals surface area contributed by atoms with E-state index in [9.17, 15) is 4.79 Å². The molecule has 3 rings (SSSR count). The highest BCUT2D eigenvalue weighted by Crippen LogP contribution is 2.36. The molecule has 1 saturated carbocycles. The van der Waals surface area contributed by atoms with Gasteiger partial charge in [-0.1, -0.05) is 0 Å². The third-order valence-electron chi connectivity index (χ3n) is 4.20. The van der Waals surface area contributed by atoms with Gasteiger partial charge in [0.05, 0.1) is 29.8 Å². The minimum Gasteiger partial charge on any atom is -0.393 e. The van der Waals surface area contributed by atoms with E-state index in [1.807, 2.05) is 26.2 Å². The third kappa shape index (κ3) is 5.11. The smallest absolute Gasteiger partial charge is 0.319 e. The van der Waals surface area contributed by atoms with E-state index in [0.29, 0.717) is 23.8 Å². The van der Waals surface area contributed by atoms with Crippen molar-refractivity contribution in [2.45, 2.75) is 26.3 Å². The van der Waals surface area contributed by atoms with Gasteiger partial charge in [-0.25, -0.2) is 4.79 Å². The molecular weight excluding hydrogens is 359 g/mol. The number of pyridine rings is 1. The highest BCUT2D eigenvalue weighted by Gasteiger charge is 2.29. The van der Waals surface area contributed by atoms with Gasteiger partial charge in [0.25, 0.3) is 0 Å². The number of nitrogens with zero attached hydrogens (tertiary/aromatic N) is 3. The van der Waals surface area contributed by atoms with E-state index in [0.717, 1.165) is 22.1 Å². The van der Waals surface area contributed by atoms with Crippen LogP contribution in [0.4, 0.5) is 10.5 Å². The van der Waals surface area contributed by atoms with Gasteiger partial charge in [0.15, 0.2) is 0 Å². The van der Waals surface area contributed by atoms with Gasteiger partial charge in [-0.15, -0.1) is 14.0 Å². The first-order valence-electron chi connectivity index (χ1n) is 8.83. The van der Waals surface area contributed by atoms with Gasteiger partial charge in [-0.2, -0.15) is 5.10 Å². The molecule has 0 aromatic carbocycles. The number of urea groups is 1. The number of hydrogen-bond donors (Lipinski definition) is 3. The van der Waals surface area contributed by atoms with Crippen LogP contribution in [0.15, 0.2) is 36.8 Å². The summed E-state index contributed by atoms with van der Waals surface area (Å²) in [6.45, 7) is 2.29. The molecule has 7 nitrogen and oxygen atoms in total. The second-order valence-electron chi connectivity index (χ2n) is 6.45. The van der Waals surface area contributed by atoms with Crippen LogP contribution in [0.3, 0.4) is 0 Å². The summed E-state index contributed by atoms with van der Waals surface area (Å²) in [5.41, 5.74) is 4.20. The maximum Gasteiger partial charge on any atom is 0.319 e. The molecule has 8 heteroatoms. The Hall–Kier alpha value is -2.79. The zero-order chi connectivity index (χ0) is 19.2. The predicted octanol–water partition coefficient (Wildman–Crippen LogP) is 2.79. The number of anilines is 1. The van der Waals surface area contributed by atoms with E-state index in [1.54, 1.807) is 24.5 Å². The van der Waals surface area contributed by atoms with Crippen molar-refractivity contribution in [3.63, 3.8) is 0 Å². The van der Waals surface area contributed by atoms with Gasteiger partial charge < -0.3 is 16.0 Å². The van der Waals surface area contributed by atoms with Crippen LogP contribution in [0.5, 0.6) is 0 Å².